The Morgan fingerprint density at radius 1 is 0.429 bits per heavy atom. The summed E-state index contributed by atoms with van der Waals surface area (Å²) in [4.78, 5) is 0. The summed E-state index contributed by atoms with van der Waals surface area (Å²) in [7, 11) is 0. The van der Waals surface area contributed by atoms with Gasteiger partial charge in [-0.15, -0.1) is 0 Å². The van der Waals surface area contributed by atoms with Crippen molar-refractivity contribution in [3.8, 4) is 0 Å². The van der Waals surface area contributed by atoms with Gasteiger partial charge in [-0.3, -0.25) is 0 Å². The molecule has 1 radical (unpaired) electrons. The molecular weight excluding hydrogens is 131 g/mol. The van der Waals surface area contributed by atoms with Gasteiger partial charge in [0, 0.05) is 16.8 Å². The molecule has 1 aromatic rings. The molecular formula is C6H6Co. The molecule has 0 aliphatic rings. The summed E-state index contributed by atoms with van der Waals surface area (Å²) in [5, 5.41) is 0. The van der Waals surface area contributed by atoms with Gasteiger partial charge in [0.2, 0.25) is 0 Å². The third-order valence-corrected chi connectivity index (χ3v) is 0.667. The van der Waals surface area contributed by atoms with Crippen molar-refractivity contribution < 1.29 is 16.8 Å². The second-order valence-corrected chi connectivity index (χ2v) is 1.15. The van der Waals surface area contributed by atoms with E-state index in [1.165, 1.54) is 0 Å². The number of rotatable bonds is 0. The summed E-state index contributed by atoms with van der Waals surface area (Å²) < 4.78 is 0. The van der Waals surface area contributed by atoms with Gasteiger partial charge in [-0.25, -0.2) is 0 Å². The van der Waals surface area contributed by atoms with Crippen LogP contribution in [0, 0.1) is 0 Å². The van der Waals surface area contributed by atoms with E-state index in [2.05, 4.69) is 0 Å². The van der Waals surface area contributed by atoms with Crippen LogP contribution in [0.1, 0.15) is 0 Å². The first-order chi connectivity index (χ1) is 3.00. The molecule has 0 N–H and O–H groups in total. The zero-order chi connectivity index (χ0) is 4.24. The van der Waals surface area contributed by atoms with Crippen molar-refractivity contribution in [3.05, 3.63) is 36.4 Å². The molecule has 0 fully saturated rings. The molecule has 0 heterocycles. The average Bonchev–Trinajstić information content (AvgIpc) is 1.72. The molecule has 0 aliphatic carbocycles. The molecule has 7 heavy (non-hydrogen) atoms. The monoisotopic (exact) mass is 137 g/mol. The summed E-state index contributed by atoms with van der Waals surface area (Å²) in [5.41, 5.74) is 0. The maximum Gasteiger partial charge on any atom is 0 e. The Morgan fingerprint density at radius 3 is 0.714 bits per heavy atom. The first kappa shape index (κ1) is 6.73. The van der Waals surface area contributed by atoms with Gasteiger partial charge < -0.3 is 0 Å². The van der Waals surface area contributed by atoms with E-state index in [9.17, 15) is 0 Å². The van der Waals surface area contributed by atoms with Crippen LogP contribution in [0.3, 0.4) is 0 Å². The number of hydrogen-bond donors (Lipinski definition) is 0. The first-order valence-corrected chi connectivity index (χ1v) is 2.00. The minimum atomic E-state index is 0. The Labute approximate surface area is 53.8 Å². The molecule has 0 nitrogen and oxygen atoms in total. The molecule has 0 unspecified atom stereocenters. The minimum absolute atomic E-state index is 0. The fourth-order valence-electron chi connectivity index (χ4n) is 0.385. The van der Waals surface area contributed by atoms with E-state index >= 15 is 0 Å². The van der Waals surface area contributed by atoms with Crippen molar-refractivity contribution in [2.75, 3.05) is 0 Å². The quantitative estimate of drug-likeness (QED) is 0.510. The summed E-state index contributed by atoms with van der Waals surface area (Å²) in [6.45, 7) is 0. The van der Waals surface area contributed by atoms with Gasteiger partial charge in [-0.05, 0) is 0 Å². The van der Waals surface area contributed by atoms with Gasteiger partial charge in [-0.1, -0.05) is 36.4 Å². The first-order valence-electron chi connectivity index (χ1n) is 2.00. The third-order valence-electron chi connectivity index (χ3n) is 0.667. The van der Waals surface area contributed by atoms with Gasteiger partial charge >= 0.3 is 0 Å². The van der Waals surface area contributed by atoms with Gasteiger partial charge in [-0.2, -0.15) is 0 Å². The van der Waals surface area contributed by atoms with Crippen LogP contribution in [-0.2, 0) is 16.8 Å². The molecule has 0 bridgehead atoms. The smallest absolute Gasteiger partial charge is 0 e. The fraction of sp³-hybridized carbons (Fsp3) is 0. The molecule has 0 saturated heterocycles. The van der Waals surface area contributed by atoms with Gasteiger partial charge in [0.05, 0.1) is 0 Å². The van der Waals surface area contributed by atoms with Crippen LogP contribution in [0.5, 0.6) is 0 Å². The van der Waals surface area contributed by atoms with Crippen molar-refractivity contribution in [2.45, 2.75) is 0 Å². The van der Waals surface area contributed by atoms with E-state index in [4.69, 9.17) is 0 Å². The zero-order valence-corrected chi connectivity index (χ0v) is 4.84. The second-order valence-electron chi connectivity index (χ2n) is 1.15. The Bertz CT molecular complexity index is 76.1. The van der Waals surface area contributed by atoms with Crippen LogP contribution in [-0.4, -0.2) is 0 Å². The molecule has 0 amide bonds. The van der Waals surface area contributed by atoms with E-state index in [-0.39, 0.29) is 16.8 Å². The fourth-order valence-corrected chi connectivity index (χ4v) is 0.385. The van der Waals surface area contributed by atoms with Crippen molar-refractivity contribution in [1.82, 2.24) is 0 Å². The van der Waals surface area contributed by atoms with Crippen LogP contribution in [0.2, 0.25) is 0 Å². The Morgan fingerprint density at radius 2 is 0.571 bits per heavy atom. The molecule has 0 aliphatic heterocycles. The topological polar surface area (TPSA) is 0 Å². The van der Waals surface area contributed by atoms with Crippen LogP contribution in [0.4, 0.5) is 0 Å². The summed E-state index contributed by atoms with van der Waals surface area (Å²) >= 11 is 0. The average molecular weight is 137 g/mol. The largest absolute Gasteiger partial charge is 0.0623 e. The van der Waals surface area contributed by atoms with E-state index in [1.54, 1.807) is 0 Å². The van der Waals surface area contributed by atoms with Crippen LogP contribution >= 0.6 is 0 Å². The maximum atomic E-state index is 2.00. The van der Waals surface area contributed by atoms with Gasteiger partial charge in [0.1, 0.15) is 0 Å². The van der Waals surface area contributed by atoms with Crippen molar-refractivity contribution in [2.24, 2.45) is 0 Å². The second kappa shape index (κ2) is 3.90. The van der Waals surface area contributed by atoms with Crippen molar-refractivity contribution >= 4 is 0 Å². The van der Waals surface area contributed by atoms with E-state index < -0.39 is 0 Å². The standard InChI is InChI=1S/C6H6.Co/c1-2-4-6-5-3-1;/h1-6H;. The van der Waals surface area contributed by atoms with E-state index in [0.29, 0.717) is 0 Å². The summed E-state index contributed by atoms with van der Waals surface area (Å²) in [6, 6.07) is 12.0. The number of benzene rings is 1. The van der Waals surface area contributed by atoms with Crippen LogP contribution in [0.15, 0.2) is 36.4 Å². The Kier molecular flexibility index (Phi) is 3.75. The Hall–Kier alpha value is -0.274. The van der Waals surface area contributed by atoms with Crippen LogP contribution < -0.4 is 0 Å². The summed E-state index contributed by atoms with van der Waals surface area (Å²) in [6.07, 6.45) is 0. The van der Waals surface area contributed by atoms with Crippen LogP contribution in [0.25, 0.3) is 0 Å². The van der Waals surface area contributed by atoms with Gasteiger partial charge in [0.25, 0.3) is 0 Å². The normalized spacial score (nSPS) is 6.86. The molecule has 0 aromatic heterocycles. The van der Waals surface area contributed by atoms with Gasteiger partial charge in [0.15, 0.2) is 0 Å². The van der Waals surface area contributed by atoms with Crippen molar-refractivity contribution in [3.63, 3.8) is 0 Å². The molecule has 0 spiro atoms. The van der Waals surface area contributed by atoms with E-state index in [0.717, 1.165) is 0 Å². The Balaban J connectivity index is 0.000000360. The maximum absolute atomic E-state index is 2.00. The molecule has 1 heteroatoms. The van der Waals surface area contributed by atoms with E-state index in [1.807, 2.05) is 36.4 Å². The predicted molar refractivity (Wildman–Crippen MR) is 26.4 cm³/mol. The molecule has 0 saturated carbocycles. The molecule has 0 atom stereocenters. The SMILES string of the molecule is [Co].c1ccccc1. The van der Waals surface area contributed by atoms with Crippen molar-refractivity contribution in [1.29, 1.82) is 0 Å². The number of hydrogen-bond acceptors (Lipinski definition) is 0. The predicted octanol–water partition coefficient (Wildman–Crippen LogP) is 1.68. The third kappa shape index (κ3) is 2.43. The zero-order valence-electron chi connectivity index (χ0n) is 3.80. The molecule has 1 aromatic carbocycles. The molecule has 1 rings (SSSR count). The molecule has 39 valence electrons. The summed E-state index contributed by atoms with van der Waals surface area (Å²) in [5.74, 6) is 0. The minimum Gasteiger partial charge on any atom is -0.0623 e.